The predicted octanol–water partition coefficient (Wildman–Crippen LogP) is 3.07. The molecule has 130 valence electrons. The fourth-order valence-electron chi connectivity index (χ4n) is 2.27. The molecule has 2 amide bonds. The Kier molecular flexibility index (Phi) is 9.88. The van der Waals surface area contributed by atoms with Gasteiger partial charge in [-0.05, 0) is 24.8 Å². The van der Waals surface area contributed by atoms with E-state index in [1.54, 1.807) is 11.6 Å². The first-order chi connectivity index (χ1) is 11.7. The zero-order valence-corrected chi connectivity index (χ0v) is 14.1. The number of unbranched alkanes of at least 4 members (excludes halogenated alkanes) is 1. The van der Waals surface area contributed by atoms with Crippen LogP contribution in [0.4, 0.5) is 0 Å². The van der Waals surface area contributed by atoms with E-state index in [1.165, 1.54) is 6.08 Å². The molecule has 24 heavy (non-hydrogen) atoms. The number of allylic oxidation sites excluding steroid dienone is 2. The van der Waals surface area contributed by atoms with Crippen molar-refractivity contribution in [3.8, 4) is 0 Å². The van der Waals surface area contributed by atoms with Crippen molar-refractivity contribution < 1.29 is 14.8 Å². The van der Waals surface area contributed by atoms with Crippen LogP contribution in [-0.4, -0.2) is 23.6 Å². The highest BCUT2D eigenvalue weighted by Crippen LogP contribution is 2.12. The summed E-state index contributed by atoms with van der Waals surface area (Å²) in [5.41, 5.74) is 2.77. The quantitative estimate of drug-likeness (QED) is 0.203. The minimum atomic E-state index is -0.338. The number of benzene rings is 1. The van der Waals surface area contributed by atoms with Crippen LogP contribution >= 0.6 is 0 Å². The van der Waals surface area contributed by atoms with E-state index in [0.717, 1.165) is 18.4 Å². The Morgan fingerprint density at radius 3 is 2.58 bits per heavy atom. The van der Waals surface area contributed by atoms with E-state index < -0.39 is 0 Å². The highest BCUT2D eigenvalue weighted by atomic mass is 16.5. The van der Waals surface area contributed by atoms with Gasteiger partial charge in [-0.15, -0.1) is 0 Å². The molecule has 0 saturated heterocycles. The lowest BCUT2D eigenvalue weighted by Gasteiger charge is -2.11. The number of carbonyl (C=O) groups excluding carboxylic acids is 2. The molecule has 1 unspecified atom stereocenters. The van der Waals surface area contributed by atoms with Gasteiger partial charge in [-0.1, -0.05) is 61.9 Å². The van der Waals surface area contributed by atoms with Crippen molar-refractivity contribution in [2.75, 3.05) is 6.54 Å². The van der Waals surface area contributed by atoms with Crippen LogP contribution in [0.1, 0.15) is 38.2 Å². The number of carbonyl (C=O) groups is 2. The maximum atomic E-state index is 11.6. The Morgan fingerprint density at radius 2 is 1.92 bits per heavy atom. The summed E-state index contributed by atoms with van der Waals surface area (Å²) in [6.07, 6.45) is 9.98. The SMILES string of the molecule is CCC(CCCCNC(=O)C=CC=Cc1ccccc1)C(=O)NO. The largest absolute Gasteiger partial charge is 0.353 e. The summed E-state index contributed by atoms with van der Waals surface area (Å²) in [6.45, 7) is 2.48. The summed E-state index contributed by atoms with van der Waals surface area (Å²) in [4.78, 5) is 23.0. The van der Waals surface area contributed by atoms with Crippen LogP contribution in [0.2, 0.25) is 0 Å². The molecule has 0 aliphatic rings. The highest BCUT2D eigenvalue weighted by Gasteiger charge is 2.14. The molecular weight excluding hydrogens is 304 g/mol. The van der Waals surface area contributed by atoms with E-state index in [2.05, 4.69) is 5.32 Å². The van der Waals surface area contributed by atoms with Crippen molar-refractivity contribution in [2.24, 2.45) is 5.92 Å². The maximum Gasteiger partial charge on any atom is 0.246 e. The molecule has 1 aromatic carbocycles. The normalized spacial score (nSPS) is 12.4. The van der Waals surface area contributed by atoms with Crippen molar-refractivity contribution in [1.82, 2.24) is 10.8 Å². The second kappa shape index (κ2) is 12.1. The molecule has 0 bridgehead atoms. The van der Waals surface area contributed by atoms with Crippen LogP contribution in [0.3, 0.4) is 0 Å². The van der Waals surface area contributed by atoms with Crippen molar-refractivity contribution in [3.05, 3.63) is 54.1 Å². The molecular formula is C19H26N2O3. The molecule has 0 aromatic heterocycles. The molecule has 0 spiro atoms. The average molecular weight is 330 g/mol. The standard InChI is InChI=1S/C19H26N2O3/c1-2-17(19(23)21-24)13-8-9-15-20-18(22)14-7-6-12-16-10-4-3-5-11-16/h3-7,10-12,14,17,24H,2,8-9,13,15H2,1H3,(H,20,22)(H,21,23). The van der Waals surface area contributed by atoms with E-state index in [4.69, 9.17) is 5.21 Å². The van der Waals surface area contributed by atoms with Gasteiger partial charge < -0.3 is 5.32 Å². The van der Waals surface area contributed by atoms with Crippen molar-refractivity contribution in [2.45, 2.75) is 32.6 Å². The molecule has 5 heteroatoms. The fraction of sp³-hybridized carbons (Fsp3) is 0.368. The third-order valence-corrected chi connectivity index (χ3v) is 3.70. The van der Waals surface area contributed by atoms with Crippen LogP contribution in [-0.2, 0) is 9.59 Å². The molecule has 0 fully saturated rings. The van der Waals surface area contributed by atoms with Gasteiger partial charge in [0.05, 0.1) is 0 Å². The van der Waals surface area contributed by atoms with Gasteiger partial charge >= 0.3 is 0 Å². The smallest absolute Gasteiger partial charge is 0.246 e. The topological polar surface area (TPSA) is 78.4 Å². The summed E-state index contributed by atoms with van der Waals surface area (Å²) in [5.74, 6) is -0.642. The fourth-order valence-corrected chi connectivity index (χ4v) is 2.27. The summed E-state index contributed by atoms with van der Waals surface area (Å²) in [6, 6.07) is 9.86. The number of rotatable bonds is 10. The third kappa shape index (κ3) is 8.29. The molecule has 1 aromatic rings. The lowest BCUT2D eigenvalue weighted by Crippen LogP contribution is -2.27. The van der Waals surface area contributed by atoms with E-state index in [0.29, 0.717) is 19.4 Å². The summed E-state index contributed by atoms with van der Waals surface area (Å²) in [7, 11) is 0. The molecule has 0 aliphatic heterocycles. The number of amides is 2. The van der Waals surface area contributed by atoms with Gasteiger partial charge in [0.25, 0.3) is 0 Å². The molecule has 1 rings (SSSR count). The Labute approximate surface area is 143 Å². The first-order valence-corrected chi connectivity index (χ1v) is 8.29. The average Bonchev–Trinajstić information content (AvgIpc) is 2.62. The Hall–Kier alpha value is -2.40. The summed E-state index contributed by atoms with van der Waals surface area (Å²) in [5, 5.41) is 11.4. The third-order valence-electron chi connectivity index (χ3n) is 3.70. The minimum absolute atomic E-state index is 0.132. The Morgan fingerprint density at radius 1 is 1.17 bits per heavy atom. The zero-order valence-electron chi connectivity index (χ0n) is 14.1. The molecule has 0 saturated carbocycles. The zero-order chi connectivity index (χ0) is 17.6. The predicted molar refractivity (Wildman–Crippen MR) is 95.2 cm³/mol. The molecule has 1 atom stereocenters. The second-order valence-electron chi connectivity index (χ2n) is 5.50. The first kappa shape index (κ1) is 19.6. The number of hydroxylamine groups is 1. The molecule has 0 radical (unpaired) electrons. The molecule has 3 N–H and O–H groups in total. The van der Waals surface area contributed by atoms with Gasteiger partial charge in [0, 0.05) is 18.5 Å². The van der Waals surface area contributed by atoms with Gasteiger partial charge in [0.1, 0.15) is 0 Å². The van der Waals surface area contributed by atoms with Crippen LogP contribution in [0.25, 0.3) is 6.08 Å². The van der Waals surface area contributed by atoms with Gasteiger partial charge in [-0.25, -0.2) is 5.48 Å². The number of nitrogens with one attached hydrogen (secondary N) is 2. The Balaban J connectivity index is 2.16. The van der Waals surface area contributed by atoms with E-state index >= 15 is 0 Å². The number of hydrogen-bond donors (Lipinski definition) is 3. The summed E-state index contributed by atoms with van der Waals surface area (Å²) >= 11 is 0. The van der Waals surface area contributed by atoms with E-state index in [-0.39, 0.29) is 17.7 Å². The Bertz CT molecular complexity index is 553. The molecule has 0 aliphatic carbocycles. The maximum absolute atomic E-state index is 11.6. The molecule has 0 heterocycles. The van der Waals surface area contributed by atoms with Crippen molar-refractivity contribution in [3.63, 3.8) is 0 Å². The van der Waals surface area contributed by atoms with Gasteiger partial charge in [-0.3, -0.25) is 14.8 Å². The van der Waals surface area contributed by atoms with Crippen molar-refractivity contribution >= 4 is 17.9 Å². The molecule has 5 nitrogen and oxygen atoms in total. The van der Waals surface area contributed by atoms with Crippen LogP contribution in [0, 0.1) is 5.92 Å². The second-order valence-corrected chi connectivity index (χ2v) is 5.50. The first-order valence-electron chi connectivity index (χ1n) is 8.29. The van der Waals surface area contributed by atoms with E-state index in [9.17, 15) is 9.59 Å². The number of hydrogen-bond acceptors (Lipinski definition) is 3. The van der Waals surface area contributed by atoms with Gasteiger partial charge in [-0.2, -0.15) is 0 Å². The van der Waals surface area contributed by atoms with Crippen molar-refractivity contribution in [1.29, 1.82) is 0 Å². The lowest BCUT2D eigenvalue weighted by molar-refractivity contribution is -0.133. The van der Waals surface area contributed by atoms with Gasteiger partial charge in [0.2, 0.25) is 11.8 Å². The van der Waals surface area contributed by atoms with E-state index in [1.807, 2.05) is 49.4 Å². The van der Waals surface area contributed by atoms with Crippen LogP contribution in [0.15, 0.2) is 48.6 Å². The van der Waals surface area contributed by atoms with Gasteiger partial charge in [0.15, 0.2) is 0 Å². The summed E-state index contributed by atoms with van der Waals surface area (Å²) < 4.78 is 0. The monoisotopic (exact) mass is 330 g/mol. The minimum Gasteiger partial charge on any atom is -0.353 e. The highest BCUT2D eigenvalue weighted by molar-refractivity contribution is 5.87. The lowest BCUT2D eigenvalue weighted by atomic mass is 9.98. The van der Waals surface area contributed by atoms with Crippen LogP contribution in [0.5, 0.6) is 0 Å². The van der Waals surface area contributed by atoms with Crippen LogP contribution < -0.4 is 10.8 Å².